The molecule has 0 aromatic carbocycles. The lowest BCUT2D eigenvalue weighted by molar-refractivity contribution is -0.345. The van der Waals surface area contributed by atoms with Crippen molar-refractivity contribution in [2.75, 3.05) is 26.2 Å². The lowest BCUT2D eigenvalue weighted by Crippen LogP contribution is -2.56. The Labute approximate surface area is 160 Å². The average Bonchev–Trinajstić information content (AvgIpc) is 3.02. The van der Waals surface area contributed by atoms with Crippen molar-refractivity contribution in [3.63, 3.8) is 0 Å². The van der Waals surface area contributed by atoms with E-state index >= 15 is 0 Å². The summed E-state index contributed by atoms with van der Waals surface area (Å²) < 4.78 is 46.5. The van der Waals surface area contributed by atoms with Crippen LogP contribution in [0.1, 0.15) is 30.8 Å². The van der Waals surface area contributed by atoms with Gasteiger partial charge in [-0.15, -0.1) is 13.2 Å². The maximum atomic E-state index is 12.6. The van der Waals surface area contributed by atoms with E-state index in [0.29, 0.717) is 19.6 Å². The van der Waals surface area contributed by atoms with Gasteiger partial charge in [-0.05, 0) is 31.9 Å². The number of furan rings is 1. The minimum Gasteiger partial charge on any atom is -0.465 e. The summed E-state index contributed by atoms with van der Waals surface area (Å²) in [6, 6.07) is 3.05. The highest BCUT2D eigenvalue weighted by Gasteiger charge is 2.37. The predicted molar refractivity (Wildman–Crippen MR) is 92.0 cm³/mol. The van der Waals surface area contributed by atoms with Gasteiger partial charge in [-0.25, -0.2) is 0 Å². The van der Waals surface area contributed by atoms with Crippen molar-refractivity contribution in [3.05, 3.63) is 23.7 Å². The molecule has 2 saturated heterocycles. The van der Waals surface area contributed by atoms with Gasteiger partial charge in [-0.2, -0.15) is 0 Å². The topological polar surface area (TPSA) is 75.0 Å². The highest BCUT2D eigenvalue weighted by atomic mass is 19.4. The molecule has 1 N–H and O–H groups in total. The van der Waals surface area contributed by atoms with Crippen LogP contribution < -0.4 is 5.32 Å². The van der Waals surface area contributed by atoms with Crippen molar-refractivity contribution >= 4 is 11.8 Å². The fraction of sp³-hybridized carbons (Fsp3) is 0.667. The molecule has 7 nitrogen and oxygen atoms in total. The predicted octanol–water partition coefficient (Wildman–Crippen LogP) is 1.81. The summed E-state index contributed by atoms with van der Waals surface area (Å²) >= 11 is 0. The number of hydrogen-bond donors (Lipinski definition) is 1. The second-order valence-electron chi connectivity index (χ2n) is 7.14. The van der Waals surface area contributed by atoms with Crippen molar-refractivity contribution in [1.82, 2.24) is 15.1 Å². The van der Waals surface area contributed by atoms with Crippen LogP contribution in [0.5, 0.6) is 0 Å². The third-order valence-corrected chi connectivity index (χ3v) is 5.06. The van der Waals surface area contributed by atoms with Gasteiger partial charge in [-0.3, -0.25) is 19.2 Å². The first-order chi connectivity index (χ1) is 13.2. The van der Waals surface area contributed by atoms with Gasteiger partial charge >= 0.3 is 6.36 Å². The second-order valence-corrected chi connectivity index (χ2v) is 7.14. The number of carbonyl (C=O) groups is 2. The zero-order chi connectivity index (χ0) is 20.3. The number of carbonyl (C=O) groups excluding carboxylic acids is 2. The van der Waals surface area contributed by atoms with Crippen molar-refractivity contribution in [2.45, 2.75) is 51.2 Å². The van der Waals surface area contributed by atoms with E-state index in [-0.39, 0.29) is 44.2 Å². The fourth-order valence-electron chi connectivity index (χ4n) is 3.65. The van der Waals surface area contributed by atoms with Crippen LogP contribution in [0.4, 0.5) is 13.2 Å². The lowest BCUT2D eigenvalue weighted by atomic mass is 10.0. The van der Waals surface area contributed by atoms with Crippen LogP contribution in [-0.2, 0) is 20.9 Å². The number of piperazine rings is 1. The zero-order valence-corrected chi connectivity index (χ0v) is 15.6. The standard InChI is InChI=1S/C18H24F3N3O4/c1-12-2-3-14(27-12)11-24-9-6-22-17(26)15(24)10-16(25)23-7-4-13(5-8-23)28-18(19,20)21/h2-3,13,15H,4-11H2,1H3,(H,22,26). The third-order valence-electron chi connectivity index (χ3n) is 5.06. The Balaban J connectivity index is 1.55. The smallest absolute Gasteiger partial charge is 0.465 e. The van der Waals surface area contributed by atoms with Crippen molar-refractivity contribution in [3.8, 4) is 0 Å². The summed E-state index contributed by atoms with van der Waals surface area (Å²) in [6.07, 6.45) is -5.37. The van der Waals surface area contributed by atoms with Crippen LogP contribution in [0.3, 0.4) is 0 Å². The number of alkyl halides is 3. The van der Waals surface area contributed by atoms with Gasteiger partial charge in [0.2, 0.25) is 11.8 Å². The zero-order valence-electron chi connectivity index (χ0n) is 15.6. The van der Waals surface area contributed by atoms with E-state index in [1.807, 2.05) is 24.0 Å². The average molecular weight is 403 g/mol. The highest BCUT2D eigenvalue weighted by Crippen LogP contribution is 2.25. The molecule has 1 atom stereocenters. The number of halogens is 3. The van der Waals surface area contributed by atoms with E-state index in [0.717, 1.165) is 11.5 Å². The monoisotopic (exact) mass is 403 g/mol. The number of likely N-dealkylation sites (tertiary alicyclic amines) is 1. The van der Waals surface area contributed by atoms with Crippen LogP contribution >= 0.6 is 0 Å². The Hall–Kier alpha value is -2.07. The van der Waals surface area contributed by atoms with E-state index in [1.165, 1.54) is 4.90 Å². The third kappa shape index (κ3) is 5.48. The van der Waals surface area contributed by atoms with E-state index in [1.54, 1.807) is 0 Å². The molecule has 28 heavy (non-hydrogen) atoms. The number of aryl methyl sites for hydroxylation is 1. The first-order valence-corrected chi connectivity index (χ1v) is 9.30. The molecule has 2 amide bonds. The number of rotatable bonds is 5. The summed E-state index contributed by atoms with van der Waals surface area (Å²) in [5, 5.41) is 2.77. The Bertz CT molecular complexity index is 698. The summed E-state index contributed by atoms with van der Waals surface area (Å²) in [6.45, 7) is 3.70. The molecule has 156 valence electrons. The van der Waals surface area contributed by atoms with E-state index < -0.39 is 18.5 Å². The number of amides is 2. The minimum atomic E-state index is -4.66. The normalized spacial score (nSPS) is 22.4. The van der Waals surface area contributed by atoms with E-state index in [9.17, 15) is 22.8 Å². The molecule has 1 aromatic rings. The molecule has 2 aliphatic heterocycles. The number of nitrogens with zero attached hydrogens (tertiary/aromatic N) is 2. The molecule has 3 heterocycles. The molecule has 2 fully saturated rings. The van der Waals surface area contributed by atoms with Crippen LogP contribution in [0.25, 0.3) is 0 Å². The number of nitrogens with one attached hydrogen (secondary N) is 1. The molecule has 0 spiro atoms. The van der Waals surface area contributed by atoms with Gasteiger partial charge in [0.1, 0.15) is 11.5 Å². The molecule has 0 aliphatic carbocycles. The van der Waals surface area contributed by atoms with Crippen molar-refractivity contribution in [1.29, 1.82) is 0 Å². The molecular formula is C18H24F3N3O4. The molecule has 2 aliphatic rings. The molecule has 3 rings (SSSR count). The van der Waals surface area contributed by atoms with Gasteiger partial charge in [0.15, 0.2) is 0 Å². The summed E-state index contributed by atoms with van der Waals surface area (Å²) in [5.41, 5.74) is 0. The molecule has 0 radical (unpaired) electrons. The van der Waals surface area contributed by atoms with Gasteiger partial charge in [0.05, 0.1) is 25.1 Å². The SMILES string of the molecule is Cc1ccc(CN2CCNC(=O)C2CC(=O)N2CCC(OC(F)(F)F)CC2)o1. The number of piperidine rings is 1. The summed E-state index contributed by atoms with van der Waals surface area (Å²) in [7, 11) is 0. The first-order valence-electron chi connectivity index (χ1n) is 9.30. The minimum absolute atomic E-state index is 0.0175. The molecule has 10 heteroatoms. The van der Waals surface area contributed by atoms with Crippen LogP contribution in [0.2, 0.25) is 0 Å². The quantitative estimate of drug-likeness (QED) is 0.812. The van der Waals surface area contributed by atoms with Crippen LogP contribution in [-0.4, -0.2) is 66.3 Å². The largest absolute Gasteiger partial charge is 0.522 e. The second kappa shape index (κ2) is 8.52. The van der Waals surface area contributed by atoms with E-state index in [4.69, 9.17) is 4.42 Å². The van der Waals surface area contributed by atoms with Gasteiger partial charge < -0.3 is 14.6 Å². The Morgan fingerprint density at radius 3 is 2.61 bits per heavy atom. The van der Waals surface area contributed by atoms with Gasteiger partial charge in [0, 0.05) is 26.2 Å². The summed E-state index contributed by atoms with van der Waals surface area (Å²) in [4.78, 5) is 28.4. The van der Waals surface area contributed by atoms with E-state index in [2.05, 4.69) is 10.1 Å². The van der Waals surface area contributed by atoms with Crippen LogP contribution in [0, 0.1) is 6.92 Å². The maximum Gasteiger partial charge on any atom is 0.522 e. The number of hydrogen-bond acceptors (Lipinski definition) is 5. The Morgan fingerprint density at radius 2 is 2.00 bits per heavy atom. The highest BCUT2D eigenvalue weighted by molar-refractivity contribution is 5.88. The van der Waals surface area contributed by atoms with Gasteiger partial charge in [0.25, 0.3) is 0 Å². The van der Waals surface area contributed by atoms with Gasteiger partial charge in [-0.1, -0.05) is 0 Å². The lowest BCUT2D eigenvalue weighted by Gasteiger charge is -2.37. The van der Waals surface area contributed by atoms with Crippen molar-refractivity contribution in [2.24, 2.45) is 0 Å². The molecule has 0 saturated carbocycles. The van der Waals surface area contributed by atoms with Crippen molar-refractivity contribution < 1.29 is 31.9 Å². The Kier molecular flexibility index (Phi) is 6.29. The molecule has 0 bridgehead atoms. The molecule has 1 aromatic heterocycles. The Morgan fingerprint density at radius 1 is 1.29 bits per heavy atom. The molecule has 1 unspecified atom stereocenters. The molecular weight excluding hydrogens is 379 g/mol. The summed E-state index contributed by atoms with van der Waals surface area (Å²) in [5.74, 6) is 1.02. The number of ether oxygens (including phenoxy) is 1. The van der Waals surface area contributed by atoms with Crippen LogP contribution in [0.15, 0.2) is 16.5 Å². The maximum absolute atomic E-state index is 12.6. The fourth-order valence-corrected chi connectivity index (χ4v) is 3.65. The first kappa shape index (κ1) is 20.7.